The average Bonchev–Trinajstić information content (AvgIpc) is 2.36. The summed E-state index contributed by atoms with van der Waals surface area (Å²) in [7, 11) is 0. The molecule has 1 aliphatic heterocycles. The molecule has 1 unspecified atom stereocenters. The van der Waals surface area contributed by atoms with Gasteiger partial charge in [0.05, 0.1) is 6.61 Å². The SMILES string of the molecule is [N-]=[N+]=NCC(=O)N[C@@H]1C(O)O[C@H](CO)[C@@H](O)[C@H]1O. The van der Waals surface area contributed by atoms with Gasteiger partial charge in [-0.3, -0.25) is 4.79 Å². The van der Waals surface area contributed by atoms with Gasteiger partial charge >= 0.3 is 0 Å². The zero-order valence-corrected chi connectivity index (χ0v) is 9.25. The molecule has 1 saturated heterocycles. The summed E-state index contributed by atoms with van der Waals surface area (Å²) in [5.41, 5.74) is 8.02. The van der Waals surface area contributed by atoms with Gasteiger partial charge in [0, 0.05) is 4.91 Å². The van der Waals surface area contributed by atoms with E-state index in [9.17, 15) is 20.1 Å². The third kappa shape index (κ3) is 3.29. The summed E-state index contributed by atoms with van der Waals surface area (Å²) >= 11 is 0. The summed E-state index contributed by atoms with van der Waals surface area (Å²) in [5.74, 6) is -0.742. The third-order valence-corrected chi connectivity index (χ3v) is 2.51. The minimum atomic E-state index is -1.59. The van der Waals surface area contributed by atoms with Gasteiger partial charge in [-0.1, -0.05) is 5.11 Å². The highest BCUT2D eigenvalue weighted by Gasteiger charge is 2.44. The predicted molar refractivity (Wildman–Crippen MR) is 55.9 cm³/mol. The van der Waals surface area contributed by atoms with Crippen molar-refractivity contribution in [3.8, 4) is 0 Å². The van der Waals surface area contributed by atoms with Gasteiger partial charge in [-0.2, -0.15) is 0 Å². The van der Waals surface area contributed by atoms with Crippen molar-refractivity contribution < 1.29 is 30.0 Å². The highest BCUT2D eigenvalue weighted by molar-refractivity contribution is 5.78. The highest BCUT2D eigenvalue weighted by atomic mass is 16.6. The number of nitrogens with zero attached hydrogens (tertiary/aromatic N) is 3. The number of azide groups is 1. The molecule has 0 spiro atoms. The average molecular weight is 262 g/mol. The van der Waals surface area contributed by atoms with E-state index in [2.05, 4.69) is 15.3 Å². The number of carbonyl (C=O) groups is 1. The highest BCUT2D eigenvalue weighted by Crippen LogP contribution is 2.19. The molecule has 0 aliphatic carbocycles. The van der Waals surface area contributed by atoms with E-state index in [0.717, 1.165) is 0 Å². The van der Waals surface area contributed by atoms with E-state index in [1.54, 1.807) is 0 Å². The first-order valence-corrected chi connectivity index (χ1v) is 5.12. The normalized spacial score (nSPS) is 35.7. The molecular weight excluding hydrogens is 248 g/mol. The summed E-state index contributed by atoms with van der Waals surface area (Å²) in [5, 5.41) is 42.7. The number of amides is 1. The molecule has 1 amide bonds. The second-order valence-electron chi connectivity index (χ2n) is 3.71. The van der Waals surface area contributed by atoms with E-state index in [1.807, 2.05) is 0 Å². The fourth-order valence-corrected chi connectivity index (χ4v) is 1.58. The number of aliphatic hydroxyl groups is 4. The van der Waals surface area contributed by atoms with Crippen LogP contribution in [0.4, 0.5) is 0 Å². The Kier molecular flexibility index (Phi) is 5.28. The quantitative estimate of drug-likeness (QED) is 0.208. The maximum absolute atomic E-state index is 11.2. The van der Waals surface area contributed by atoms with E-state index in [0.29, 0.717) is 0 Å². The third-order valence-electron chi connectivity index (χ3n) is 2.51. The lowest BCUT2D eigenvalue weighted by molar-refractivity contribution is -0.253. The number of ether oxygens (including phenoxy) is 1. The van der Waals surface area contributed by atoms with Crippen molar-refractivity contribution in [2.75, 3.05) is 13.2 Å². The zero-order chi connectivity index (χ0) is 13.7. The predicted octanol–water partition coefficient (Wildman–Crippen LogP) is -2.79. The van der Waals surface area contributed by atoms with Gasteiger partial charge in [0.15, 0.2) is 6.29 Å². The van der Waals surface area contributed by atoms with Gasteiger partial charge in [0.1, 0.15) is 30.9 Å². The first-order chi connectivity index (χ1) is 8.51. The van der Waals surface area contributed by atoms with Crippen molar-refractivity contribution in [2.45, 2.75) is 30.6 Å². The number of rotatable bonds is 4. The molecule has 0 aromatic heterocycles. The Morgan fingerprint density at radius 2 is 2.06 bits per heavy atom. The lowest BCUT2D eigenvalue weighted by atomic mass is 9.97. The Morgan fingerprint density at radius 3 is 2.61 bits per heavy atom. The van der Waals surface area contributed by atoms with Gasteiger partial charge in [0.2, 0.25) is 5.91 Å². The molecule has 1 aliphatic rings. The molecule has 10 nitrogen and oxygen atoms in total. The molecule has 18 heavy (non-hydrogen) atoms. The number of hydrogen-bond donors (Lipinski definition) is 5. The van der Waals surface area contributed by atoms with Gasteiger partial charge in [-0.25, -0.2) is 0 Å². The monoisotopic (exact) mass is 262 g/mol. The summed E-state index contributed by atoms with van der Waals surface area (Å²) in [4.78, 5) is 13.6. The van der Waals surface area contributed by atoms with Crippen LogP contribution in [0.1, 0.15) is 0 Å². The smallest absolute Gasteiger partial charge is 0.226 e. The molecule has 10 heteroatoms. The maximum atomic E-state index is 11.2. The summed E-state index contributed by atoms with van der Waals surface area (Å²) in [6.07, 6.45) is -5.69. The van der Waals surface area contributed by atoms with Gasteiger partial charge in [-0.05, 0) is 5.53 Å². The van der Waals surface area contributed by atoms with E-state index < -0.39 is 49.7 Å². The van der Waals surface area contributed by atoms with Crippen molar-refractivity contribution in [3.05, 3.63) is 10.4 Å². The minimum Gasteiger partial charge on any atom is -0.394 e. The number of aliphatic hydroxyl groups excluding tert-OH is 4. The zero-order valence-electron chi connectivity index (χ0n) is 9.25. The molecule has 0 saturated carbocycles. The first kappa shape index (κ1) is 14.6. The number of nitrogens with one attached hydrogen (secondary N) is 1. The van der Waals surface area contributed by atoms with Gasteiger partial charge in [0.25, 0.3) is 0 Å². The van der Waals surface area contributed by atoms with Crippen LogP contribution < -0.4 is 5.32 Å². The van der Waals surface area contributed by atoms with Crippen LogP contribution in [-0.4, -0.2) is 70.1 Å². The van der Waals surface area contributed by atoms with Crippen LogP contribution in [0.25, 0.3) is 10.4 Å². The molecule has 1 heterocycles. The maximum Gasteiger partial charge on any atom is 0.226 e. The lowest BCUT2D eigenvalue weighted by Crippen LogP contribution is -2.64. The molecule has 1 fully saturated rings. The molecule has 0 radical (unpaired) electrons. The standard InChI is InChI=1S/C8H14N4O6/c9-12-10-1-4(14)11-5-7(16)6(15)3(2-13)18-8(5)17/h3,5-8,13,15-17H,1-2H2,(H,11,14)/t3-,5+,6-,7+,8?/m1/s1. The first-order valence-electron chi connectivity index (χ1n) is 5.12. The molecule has 0 aromatic rings. The Morgan fingerprint density at radius 1 is 1.39 bits per heavy atom. The molecule has 102 valence electrons. The van der Waals surface area contributed by atoms with Crippen LogP contribution in [0.2, 0.25) is 0 Å². The minimum absolute atomic E-state index is 0.508. The van der Waals surface area contributed by atoms with E-state index >= 15 is 0 Å². The van der Waals surface area contributed by atoms with Crippen molar-refractivity contribution in [1.29, 1.82) is 0 Å². The number of hydrogen-bond acceptors (Lipinski definition) is 7. The second kappa shape index (κ2) is 6.50. The molecule has 1 rings (SSSR count). The van der Waals surface area contributed by atoms with Crippen molar-refractivity contribution >= 4 is 5.91 Å². The van der Waals surface area contributed by atoms with Crippen LogP contribution in [0.3, 0.4) is 0 Å². The van der Waals surface area contributed by atoms with Crippen LogP contribution in [0.15, 0.2) is 5.11 Å². The molecule has 0 aromatic carbocycles. The Bertz CT molecular complexity index is 346. The summed E-state index contributed by atoms with van der Waals surface area (Å²) in [6, 6.07) is -1.27. The Hall–Kier alpha value is -1.42. The summed E-state index contributed by atoms with van der Waals surface area (Å²) < 4.78 is 4.81. The fourth-order valence-electron chi connectivity index (χ4n) is 1.58. The lowest BCUT2D eigenvalue weighted by Gasteiger charge is -2.40. The van der Waals surface area contributed by atoms with E-state index in [4.69, 9.17) is 15.4 Å². The van der Waals surface area contributed by atoms with E-state index in [-0.39, 0.29) is 0 Å². The molecule has 5 atom stereocenters. The largest absolute Gasteiger partial charge is 0.394 e. The fraction of sp³-hybridized carbons (Fsp3) is 0.875. The van der Waals surface area contributed by atoms with Crippen LogP contribution in [0, 0.1) is 0 Å². The van der Waals surface area contributed by atoms with Gasteiger partial charge < -0.3 is 30.5 Å². The number of carbonyl (C=O) groups excluding carboxylic acids is 1. The molecular formula is C8H14N4O6. The van der Waals surface area contributed by atoms with Crippen molar-refractivity contribution in [2.24, 2.45) is 5.11 Å². The second-order valence-corrected chi connectivity index (χ2v) is 3.71. The summed E-state index contributed by atoms with van der Waals surface area (Å²) in [6.45, 7) is -1.10. The Labute approximate surface area is 101 Å². The van der Waals surface area contributed by atoms with Crippen molar-refractivity contribution in [3.63, 3.8) is 0 Å². The molecule has 0 bridgehead atoms. The Balaban J connectivity index is 2.64. The molecule has 5 N–H and O–H groups in total. The van der Waals surface area contributed by atoms with Crippen LogP contribution >= 0.6 is 0 Å². The van der Waals surface area contributed by atoms with Gasteiger partial charge in [-0.15, -0.1) is 0 Å². The van der Waals surface area contributed by atoms with Crippen LogP contribution in [-0.2, 0) is 9.53 Å². The topological polar surface area (TPSA) is 168 Å². The van der Waals surface area contributed by atoms with Crippen molar-refractivity contribution in [1.82, 2.24) is 5.32 Å². The van der Waals surface area contributed by atoms with Crippen LogP contribution in [0.5, 0.6) is 0 Å². The van der Waals surface area contributed by atoms with E-state index in [1.165, 1.54) is 0 Å².